The van der Waals surface area contributed by atoms with Gasteiger partial charge in [0.15, 0.2) is 0 Å². The van der Waals surface area contributed by atoms with E-state index in [-0.39, 0.29) is 0 Å². The van der Waals surface area contributed by atoms with Crippen molar-refractivity contribution < 1.29 is 4.74 Å². The van der Waals surface area contributed by atoms with Crippen LogP contribution in [-0.4, -0.2) is 56.2 Å². The van der Waals surface area contributed by atoms with Crippen LogP contribution in [-0.2, 0) is 6.42 Å². The Bertz CT molecular complexity index is 843. The summed E-state index contributed by atoms with van der Waals surface area (Å²) in [5.41, 5.74) is 1.36. The average molecular weight is 459 g/mol. The second kappa shape index (κ2) is 15.6. The number of halogens is 2. The lowest BCUT2D eigenvalue weighted by molar-refractivity contribution is 0.274. The topological polar surface area (TPSA) is 15.7 Å². The Morgan fingerprint density at radius 1 is 1.00 bits per heavy atom. The fourth-order valence-electron chi connectivity index (χ4n) is 2.75. The van der Waals surface area contributed by atoms with E-state index in [2.05, 4.69) is 59.9 Å². The van der Waals surface area contributed by atoms with E-state index >= 15 is 0 Å². The Morgan fingerprint density at radius 2 is 1.68 bits per heavy atom. The summed E-state index contributed by atoms with van der Waals surface area (Å²) in [6.45, 7) is 5.08. The summed E-state index contributed by atoms with van der Waals surface area (Å²) < 4.78 is 5.55. The van der Waals surface area contributed by atoms with E-state index in [0.717, 1.165) is 19.4 Å². The molecule has 0 saturated carbocycles. The standard InChI is InChI=1S/C13H15Cl2NO.C13H17N/c1-3-7-16(2)8-4-9-17-13-6-5-11(14)10-12(13)15;1-4-10-14(3)12(2)11-13-8-6-5-7-9-13/h1,5-6,10H,4,7-9H2,2H3;1,5-9,12H,10-11H2,2-3H3. The molecule has 0 N–H and O–H groups in total. The smallest absolute Gasteiger partial charge is 0.137 e. The average Bonchev–Trinajstić information content (AvgIpc) is 2.74. The predicted molar refractivity (Wildman–Crippen MR) is 134 cm³/mol. The molecule has 0 aliphatic rings. The van der Waals surface area contributed by atoms with Crippen molar-refractivity contribution in [2.75, 3.05) is 40.3 Å². The number of terminal acetylenes is 2. The molecule has 2 rings (SSSR count). The van der Waals surface area contributed by atoms with E-state index in [0.29, 0.717) is 41.5 Å². The molecule has 1 atom stereocenters. The number of hydrogen-bond donors (Lipinski definition) is 0. The van der Waals surface area contributed by atoms with E-state index in [4.69, 9.17) is 40.8 Å². The number of likely N-dealkylation sites (N-methyl/N-ethyl adjacent to an activating group) is 1. The highest BCUT2D eigenvalue weighted by Crippen LogP contribution is 2.27. The molecule has 0 heterocycles. The summed E-state index contributed by atoms with van der Waals surface area (Å²) in [6.07, 6.45) is 12.4. The molecule has 0 spiro atoms. The SMILES string of the molecule is C#CCN(C)C(C)Cc1ccccc1.C#CCN(C)CCCOc1ccc(Cl)cc1Cl. The third-order valence-corrected chi connectivity index (χ3v) is 5.19. The van der Waals surface area contributed by atoms with Crippen LogP contribution in [0.4, 0.5) is 0 Å². The summed E-state index contributed by atoms with van der Waals surface area (Å²) in [5, 5.41) is 1.14. The van der Waals surface area contributed by atoms with Crippen molar-refractivity contribution in [3.05, 3.63) is 64.1 Å². The van der Waals surface area contributed by atoms with Crippen LogP contribution in [0.2, 0.25) is 10.0 Å². The molecule has 31 heavy (non-hydrogen) atoms. The van der Waals surface area contributed by atoms with Crippen molar-refractivity contribution in [1.29, 1.82) is 0 Å². The summed E-state index contributed by atoms with van der Waals surface area (Å²) in [4.78, 5) is 4.25. The summed E-state index contributed by atoms with van der Waals surface area (Å²) >= 11 is 11.8. The fourth-order valence-corrected chi connectivity index (χ4v) is 3.22. The molecule has 0 amide bonds. The van der Waals surface area contributed by atoms with Crippen LogP contribution in [0.3, 0.4) is 0 Å². The molecule has 2 aromatic carbocycles. The maximum Gasteiger partial charge on any atom is 0.137 e. The summed E-state index contributed by atoms with van der Waals surface area (Å²) in [6, 6.07) is 16.2. The molecule has 3 nitrogen and oxygen atoms in total. The van der Waals surface area contributed by atoms with E-state index in [1.165, 1.54) is 5.56 Å². The minimum atomic E-state index is 0.494. The van der Waals surface area contributed by atoms with Crippen molar-refractivity contribution in [2.45, 2.75) is 25.8 Å². The van der Waals surface area contributed by atoms with Gasteiger partial charge in [0.25, 0.3) is 0 Å². The number of nitrogens with zero attached hydrogens (tertiary/aromatic N) is 2. The molecular formula is C26H32Cl2N2O. The summed E-state index contributed by atoms with van der Waals surface area (Å²) in [7, 11) is 4.04. The molecule has 0 aliphatic heterocycles. The Morgan fingerprint density at radius 3 is 2.29 bits per heavy atom. The molecular weight excluding hydrogens is 427 g/mol. The number of benzene rings is 2. The van der Waals surface area contributed by atoms with Gasteiger partial charge in [-0.25, -0.2) is 0 Å². The lowest BCUT2D eigenvalue weighted by atomic mass is 10.1. The lowest BCUT2D eigenvalue weighted by Crippen LogP contribution is -2.31. The zero-order chi connectivity index (χ0) is 23.1. The molecule has 5 heteroatoms. The number of rotatable bonds is 10. The van der Waals surface area contributed by atoms with Gasteiger partial charge in [0.05, 0.1) is 24.7 Å². The molecule has 0 saturated heterocycles. The Labute approximate surface area is 198 Å². The van der Waals surface area contributed by atoms with Gasteiger partial charge in [-0.3, -0.25) is 9.80 Å². The van der Waals surface area contributed by atoms with Gasteiger partial charge >= 0.3 is 0 Å². The first-order valence-electron chi connectivity index (χ1n) is 10.2. The molecule has 0 fully saturated rings. The molecule has 0 aromatic heterocycles. The van der Waals surface area contributed by atoms with Crippen LogP contribution >= 0.6 is 23.2 Å². The highest BCUT2D eigenvalue weighted by atomic mass is 35.5. The first-order valence-corrected chi connectivity index (χ1v) is 11.0. The molecule has 2 aromatic rings. The van der Waals surface area contributed by atoms with Gasteiger partial charge in [0, 0.05) is 17.6 Å². The molecule has 0 bridgehead atoms. The van der Waals surface area contributed by atoms with Gasteiger partial charge in [0.1, 0.15) is 5.75 Å². The van der Waals surface area contributed by atoms with Crippen LogP contribution in [0.25, 0.3) is 0 Å². The van der Waals surface area contributed by atoms with Crippen LogP contribution < -0.4 is 4.74 Å². The van der Waals surface area contributed by atoms with E-state index in [9.17, 15) is 0 Å². The van der Waals surface area contributed by atoms with E-state index in [1.54, 1.807) is 18.2 Å². The number of hydrogen-bond acceptors (Lipinski definition) is 3. The normalized spacial score (nSPS) is 11.3. The molecule has 1 unspecified atom stereocenters. The highest BCUT2D eigenvalue weighted by Gasteiger charge is 2.08. The Balaban J connectivity index is 0.000000316. The van der Waals surface area contributed by atoms with Gasteiger partial charge in [-0.2, -0.15) is 0 Å². The lowest BCUT2D eigenvalue weighted by Gasteiger charge is -2.22. The van der Waals surface area contributed by atoms with Crippen molar-refractivity contribution >= 4 is 23.2 Å². The zero-order valence-electron chi connectivity index (χ0n) is 18.7. The van der Waals surface area contributed by atoms with E-state index < -0.39 is 0 Å². The number of ether oxygens (including phenoxy) is 1. The van der Waals surface area contributed by atoms with Crippen molar-refractivity contribution in [3.63, 3.8) is 0 Å². The fraction of sp³-hybridized carbons (Fsp3) is 0.385. The first kappa shape index (κ1) is 26.9. The zero-order valence-corrected chi connectivity index (χ0v) is 20.2. The Kier molecular flexibility index (Phi) is 13.6. The predicted octanol–water partition coefficient (Wildman–Crippen LogP) is 5.51. The van der Waals surface area contributed by atoms with Gasteiger partial charge in [-0.05, 0) is 57.6 Å². The minimum absolute atomic E-state index is 0.494. The maximum atomic E-state index is 5.97. The Hall–Kier alpha value is -2.14. The third-order valence-electron chi connectivity index (χ3n) is 4.66. The van der Waals surface area contributed by atoms with Crippen LogP contribution in [0.1, 0.15) is 18.9 Å². The molecule has 0 aliphatic carbocycles. The van der Waals surface area contributed by atoms with Gasteiger partial charge < -0.3 is 4.74 Å². The van der Waals surface area contributed by atoms with Gasteiger partial charge in [0.2, 0.25) is 0 Å². The van der Waals surface area contributed by atoms with Crippen molar-refractivity contribution in [1.82, 2.24) is 9.80 Å². The molecule has 166 valence electrons. The first-order chi connectivity index (χ1) is 14.9. The molecule has 0 radical (unpaired) electrons. The second-order valence-electron chi connectivity index (χ2n) is 7.38. The summed E-state index contributed by atoms with van der Waals surface area (Å²) in [5.74, 6) is 5.91. The maximum absolute atomic E-state index is 5.97. The van der Waals surface area contributed by atoms with Crippen LogP contribution in [0.15, 0.2) is 48.5 Å². The van der Waals surface area contributed by atoms with Gasteiger partial charge in [-0.15, -0.1) is 12.8 Å². The largest absolute Gasteiger partial charge is 0.492 e. The quantitative estimate of drug-likeness (QED) is 0.344. The van der Waals surface area contributed by atoms with Crippen LogP contribution in [0.5, 0.6) is 5.75 Å². The minimum Gasteiger partial charge on any atom is -0.492 e. The van der Waals surface area contributed by atoms with E-state index in [1.807, 2.05) is 13.1 Å². The van der Waals surface area contributed by atoms with Crippen molar-refractivity contribution in [3.8, 4) is 30.4 Å². The van der Waals surface area contributed by atoms with Crippen LogP contribution in [0, 0.1) is 24.7 Å². The van der Waals surface area contributed by atoms with Gasteiger partial charge in [-0.1, -0.05) is 65.4 Å². The highest BCUT2D eigenvalue weighted by molar-refractivity contribution is 6.35. The van der Waals surface area contributed by atoms with Crippen molar-refractivity contribution in [2.24, 2.45) is 0 Å². The monoisotopic (exact) mass is 458 g/mol. The third kappa shape index (κ3) is 11.7. The second-order valence-corrected chi connectivity index (χ2v) is 8.22.